The smallest absolute Gasteiger partial charge is 0.328 e. The first-order valence-electron chi connectivity index (χ1n) is 13.7. The van der Waals surface area contributed by atoms with E-state index in [1.165, 1.54) is 11.6 Å². The van der Waals surface area contributed by atoms with Crippen LogP contribution in [0, 0.1) is 6.92 Å². The highest BCUT2D eigenvalue weighted by Crippen LogP contribution is 2.39. The van der Waals surface area contributed by atoms with E-state index in [9.17, 15) is 15.0 Å². The summed E-state index contributed by atoms with van der Waals surface area (Å²) in [5.41, 5.74) is 7.05. The fourth-order valence-corrected chi connectivity index (χ4v) is 5.60. The number of ether oxygens (including phenoxy) is 1. The maximum atomic E-state index is 11.4. The number of rotatable bonds is 7. The van der Waals surface area contributed by atoms with Crippen LogP contribution in [0.4, 0.5) is 0 Å². The third kappa shape index (κ3) is 5.97. The number of piperidine rings is 1. The minimum Gasteiger partial charge on any atom is -0.487 e. The maximum Gasteiger partial charge on any atom is 0.328 e. The Morgan fingerprint density at radius 3 is 2.59 bits per heavy atom. The van der Waals surface area contributed by atoms with E-state index in [2.05, 4.69) is 53.2 Å². The van der Waals surface area contributed by atoms with E-state index < -0.39 is 11.6 Å². The Bertz CT molecular complexity index is 1400. The van der Waals surface area contributed by atoms with Gasteiger partial charge in [0.2, 0.25) is 0 Å². The Morgan fingerprint density at radius 1 is 1.10 bits per heavy atom. The Morgan fingerprint density at radius 2 is 1.87 bits per heavy atom. The van der Waals surface area contributed by atoms with Crippen molar-refractivity contribution < 1.29 is 19.7 Å². The lowest BCUT2D eigenvalue weighted by atomic mass is 9.84. The molecule has 2 N–H and O–H groups in total. The molecule has 3 aromatic rings. The molecule has 0 spiro atoms. The van der Waals surface area contributed by atoms with Crippen LogP contribution in [0.5, 0.6) is 5.75 Å². The second-order valence-electron chi connectivity index (χ2n) is 10.5. The van der Waals surface area contributed by atoms with Gasteiger partial charge in [0.15, 0.2) is 0 Å². The zero-order valence-electron chi connectivity index (χ0n) is 22.7. The molecule has 1 fully saturated rings. The number of likely N-dealkylation sites (tertiary alicyclic amines) is 1. The average molecular weight is 525 g/mol. The number of carboxylic acid groups (broad SMARTS) is 1. The van der Waals surface area contributed by atoms with Crippen LogP contribution in [0.15, 0.2) is 72.9 Å². The highest BCUT2D eigenvalue weighted by atomic mass is 16.5. The number of nitrogens with zero attached hydrogens (tertiary/aromatic N) is 2. The minimum atomic E-state index is -0.945. The van der Waals surface area contributed by atoms with Crippen molar-refractivity contribution in [3.05, 3.63) is 106 Å². The first-order valence-corrected chi connectivity index (χ1v) is 13.7. The van der Waals surface area contributed by atoms with Gasteiger partial charge in [-0.3, -0.25) is 4.98 Å². The molecule has 6 nitrogen and oxygen atoms in total. The van der Waals surface area contributed by atoms with Gasteiger partial charge < -0.3 is 19.8 Å². The normalized spacial score (nSPS) is 18.1. The number of aryl methyl sites for hydroxylation is 1. The molecule has 2 aromatic carbocycles. The highest BCUT2D eigenvalue weighted by molar-refractivity contribution is 5.91. The van der Waals surface area contributed by atoms with Crippen LogP contribution in [0.2, 0.25) is 0 Å². The second-order valence-corrected chi connectivity index (χ2v) is 10.5. The SMILES string of the molecule is CC/C(=C\C(=O)O)c1ccc2c(c1)/C(=C/CCN1CCC(O)(c3ccc(C)cc3)CC1)c1cccnc1CO2. The van der Waals surface area contributed by atoms with Crippen molar-refractivity contribution in [3.8, 4) is 5.75 Å². The lowest BCUT2D eigenvalue weighted by Gasteiger charge is -2.38. The summed E-state index contributed by atoms with van der Waals surface area (Å²) < 4.78 is 6.15. The zero-order chi connectivity index (χ0) is 27.4. The molecule has 3 heterocycles. The molecule has 0 unspecified atom stereocenters. The Balaban J connectivity index is 1.37. The number of carboxylic acids is 1. The standard InChI is InChI=1S/C33H36N2O4/c1-3-24(21-32(36)37)25-10-13-31-29(20-25)27(28-6-4-16-34-30(28)22-39-31)7-5-17-35-18-14-33(38,15-19-35)26-11-8-23(2)9-12-26/h4,6-13,16,20-21,38H,3,5,14-15,17-19,22H2,1-2H3,(H,36,37)/b24-21+,27-7+. The minimum absolute atomic E-state index is 0.384. The van der Waals surface area contributed by atoms with Crippen LogP contribution in [0.25, 0.3) is 11.1 Å². The van der Waals surface area contributed by atoms with Crippen LogP contribution in [-0.4, -0.2) is 45.7 Å². The molecule has 0 saturated carbocycles. The largest absolute Gasteiger partial charge is 0.487 e. The lowest BCUT2D eigenvalue weighted by Crippen LogP contribution is -2.42. The second kappa shape index (κ2) is 11.6. The summed E-state index contributed by atoms with van der Waals surface area (Å²) >= 11 is 0. The molecule has 0 atom stereocenters. The van der Waals surface area contributed by atoms with Crippen LogP contribution >= 0.6 is 0 Å². The number of aliphatic carboxylic acids is 1. The molecule has 2 aliphatic rings. The van der Waals surface area contributed by atoms with Crippen molar-refractivity contribution in [1.29, 1.82) is 0 Å². The summed E-state index contributed by atoms with van der Waals surface area (Å²) in [5, 5.41) is 20.6. The summed E-state index contributed by atoms with van der Waals surface area (Å²) in [6.45, 7) is 6.98. The van der Waals surface area contributed by atoms with Gasteiger partial charge in [-0.05, 0) is 73.1 Å². The molecule has 0 radical (unpaired) electrons. The number of fused-ring (bicyclic) bond motifs is 2. The topological polar surface area (TPSA) is 82.9 Å². The molecular weight excluding hydrogens is 488 g/mol. The quantitative estimate of drug-likeness (QED) is 0.371. The monoisotopic (exact) mass is 524 g/mol. The van der Waals surface area contributed by atoms with Gasteiger partial charge in [0.05, 0.1) is 11.3 Å². The molecule has 0 aliphatic carbocycles. The van der Waals surface area contributed by atoms with Crippen LogP contribution in [-0.2, 0) is 17.0 Å². The number of allylic oxidation sites excluding steroid dienone is 1. The molecule has 1 aromatic heterocycles. The van der Waals surface area contributed by atoms with Crippen molar-refractivity contribution in [2.24, 2.45) is 0 Å². The molecular formula is C33H36N2O4. The van der Waals surface area contributed by atoms with Crippen molar-refractivity contribution in [2.75, 3.05) is 19.6 Å². The molecule has 1 saturated heterocycles. The molecule has 5 rings (SSSR count). The Kier molecular flexibility index (Phi) is 7.96. The van der Waals surface area contributed by atoms with Gasteiger partial charge in [-0.2, -0.15) is 0 Å². The zero-order valence-corrected chi connectivity index (χ0v) is 22.7. The van der Waals surface area contributed by atoms with E-state index in [4.69, 9.17) is 4.74 Å². The predicted molar refractivity (Wildman–Crippen MR) is 153 cm³/mol. The summed E-state index contributed by atoms with van der Waals surface area (Å²) in [6, 6.07) is 18.2. The number of aromatic nitrogens is 1. The van der Waals surface area contributed by atoms with Gasteiger partial charge >= 0.3 is 5.97 Å². The van der Waals surface area contributed by atoms with Crippen molar-refractivity contribution in [2.45, 2.75) is 51.7 Å². The predicted octanol–water partition coefficient (Wildman–Crippen LogP) is 5.97. The number of hydrogen-bond acceptors (Lipinski definition) is 5. The molecule has 202 valence electrons. The van der Waals surface area contributed by atoms with Gasteiger partial charge in [0.25, 0.3) is 0 Å². The van der Waals surface area contributed by atoms with Crippen LogP contribution in [0.1, 0.15) is 66.1 Å². The van der Waals surface area contributed by atoms with Gasteiger partial charge in [-0.25, -0.2) is 4.79 Å². The number of aliphatic hydroxyl groups is 1. The third-order valence-electron chi connectivity index (χ3n) is 7.93. The number of carbonyl (C=O) groups is 1. The molecule has 0 amide bonds. The molecule has 6 heteroatoms. The fourth-order valence-electron chi connectivity index (χ4n) is 5.60. The fraction of sp³-hybridized carbons (Fsp3) is 0.333. The Hall–Kier alpha value is -3.74. The summed E-state index contributed by atoms with van der Waals surface area (Å²) in [4.78, 5) is 18.4. The van der Waals surface area contributed by atoms with E-state index >= 15 is 0 Å². The third-order valence-corrected chi connectivity index (χ3v) is 7.93. The molecule has 39 heavy (non-hydrogen) atoms. The summed E-state index contributed by atoms with van der Waals surface area (Å²) in [6.07, 6.45) is 8.21. The number of pyridine rings is 1. The lowest BCUT2D eigenvalue weighted by molar-refractivity contribution is -0.131. The van der Waals surface area contributed by atoms with Gasteiger partial charge in [-0.1, -0.05) is 55.0 Å². The summed E-state index contributed by atoms with van der Waals surface area (Å²) in [5.74, 6) is -0.172. The maximum absolute atomic E-state index is 11.4. The van der Waals surface area contributed by atoms with Crippen LogP contribution < -0.4 is 4.74 Å². The van der Waals surface area contributed by atoms with Gasteiger partial charge in [0.1, 0.15) is 12.4 Å². The van der Waals surface area contributed by atoms with Crippen molar-refractivity contribution >= 4 is 17.1 Å². The van der Waals surface area contributed by atoms with Crippen LogP contribution in [0.3, 0.4) is 0 Å². The van der Waals surface area contributed by atoms with Crippen molar-refractivity contribution in [1.82, 2.24) is 9.88 Å². The van der Waals surface area contributed by atoms with Gasteiger partial charge in [0, 0.05) is 43.0 Å². The summed E-state index contributed by atoms with van der Waals surface area (Å²) in [7, 11) is 0. The number of hydrogen-bond donors (Lipinski definition) is 2. The molecule has 0 bridgehead atoms. The van der Waals surface area contributed by atoms with E-state index in [0.717, 1.165) is 83.7 Å². The van der Waals surface area contributed by atoms with Crippen molar-refractivity contribution in [3.63, 3.8) is 0 Å². The van der Waals surface area contributed by atoms with E-state index in [1.807, 2.05) is 31.2 Å². The molecule has 2 aliphatic heterocycles. The highest BCUT2D eigenvalue weighted by Gasteiger charge is 2.33. The number of benzene rings is 2. The Labute approximate surface area is 230 Å². The van der Waals surface area contributed by atoms with E-state index in [-0.39, 0.29) is 0 Å². The van der Waals surface area contributed by atoms with Gasteiger partial charge in [-0.15, -0.1) is 0 Å². The average Bonchev–Trinajstić information content (AvgIpc) is 3.09. The van der Waals surface area contributed by atoms with E-state index in [1.54, 1.807) is 6.20 Å². The first-order chi connectivity index (χ1) is 18.9. The van der Waals surface area contributed by atoms with E-state index in [0.29, 0.717) is 13.0 Å². The first kappa shape index (κ1) is 26.9.